The molecular weight excluding hydrogens is 429 g/mol. The number of esters is 1. The van der Waals surface area contributed by atoms with Crippen LogP contribution in [0.2, 0.25) is 10.0 Å². The first-order valence-corrected chi connectivity index (χ1v) is 10.1. The van der Waals surface area contributed by atoms with Crippen LogP contribution in [-0.2, 0) is 9.53 Å². The number of amides is 2. The lowest BCUT2D eigenvalue weighted by molar-refractivity contribution is -0.147. The number of Topliss-reactive ketones (excluding diaryl/α,β-unsaturated/α-hetero) is 1. The van der Waals surface area contributed by atoms with Crippen LogP contribution >= 0.6 is 23.2 Å². The number of carbonyl (C=O) groups is 4. The fourth-order valence-electron chi connectivity index (χ4n) is 3.23. The van der Waals surface area contributed by atoms with Gasteiger partial charge in [-0.05, 0) is 24.5 Å². The quantitative estimate of drug-likeness (QED) is 0.356. The summed E-state index contributed by atoms with van der Waals surface area (Å²) < 4.78 is 5.19. The maximum Gasteiger partial charge on any atom is 0.329 e. The summed E-state index contributed by atoms with van der Waals surface area (Å²) in [6.45, 7) is 3.21. The Hall–Kier alpha value is -2.70. The van der Waals surface area contributed by atoms with Crippen LogP contribution in [0.3, 0.4) is 0 Å². The molecule has 0 saturated heterocycles. The Morgan fingerprint density at radius 2 is 1.50 bits per heavy atom. The number of fused-ring (bicyclic) bond motifs is 1. The molecule has 6 nitrogen and oxygen atoms in total. The molecule has 0 aliphatic carbocycles. The first-order chi connectivity index (χ1) is 14.2. The highest BCUT2D eigenvalue weighted by Crippen LogP contribution is 2.33. The third-order valence-corrected chi connectivity index (χ3v) is 5.40. The van der Waals surface area contributed by atoms with Gasteiger partial charge in [-0.3, -0.25) is 19.3 Å². The number of carbonyl (C=O) groups excluding carboxylic acids is 4. The van der Waals surface area contributed by atoms with Gasteiger partial charge in [-0.1, -0.05) is 67.4 Å². The zero-order chi connectivity index (χ0) is 22.0. The third kappa shape index (κ3) is 4.40. The second kappa shape index (κ2) is 8.98. The minimum atomic E-state index is -1.17. The Bertz CT molecular complexity index is 979. The van der Waals surface area contributed by atoms with Gasteiger partial charge in [0.25, 0.3) is 11.8 Å². The highest BCUT2D eigenvalue weighted by Gasteiger charge is 2.44. The molecule has 0 spiro atoms. The average molecular weight is 448 g/mol. The second-order valence-electron chi connectivity index (χ2n) is 7.33. The highest BCUT2D eigenvalue weighted by molar-refractivity contribution is 6.43. The minimum Gasteiger partial charge on any atom is -0.456 e. The van der Waals surface area contributed by atoms with Crippen molar-refractivity contribution >= 4 is 46.8 Å². The van der Waals surface area contributed by atoms with E-state index in [1.54, 1.807) is 30.3 Å². The molecule has 2 aromatic rings. The predicted octanol–water partition coefficient (Wildman–Crippen LogP) is 4.43. The topological polar surface area (TPSA) is 80.8 Å². The van der Waals surface area contributed by atoms with Gasteiger partial charge in [0.15, 0.2) is 12.4 Å². The Kier molecular flexibility index (Phi) is 6.58. The number of rotatable bonds is 7. The van der Waals surface area contributed by atoms with Crippen LogP contribution in [0.1, 0.15) is 51.3 Å². The molecule has 30 heavy (non-hydrogen) atoms. The minimum absolute atomic E-state index is 0.0242. The summed E-state index contributed by atoms with van der Waals surface area (Å²) in [7, 11) is 0. The van der Waals surface area contributed by atoms with Crippen LogP contribution in [0.15, 0.2) is 42.5 Å². The van der Waals surface area contributed by atoms with Gasteiger partial charge >= 0.3 is 5.97 Å². The zero-order valence-corrected chi connectivity index (χ0v) is 17.9. The van der Waals surface area contributed by atoms with Crippen molar-refractivity contribution in [2.75, 3.05) is 6.61 Å². The van der Waals surface area contributed by atoms with Crippen molar-refractivity contribution in [3.63, 3.8) is 0 Å². The Balaban J connectivity index is 1.82. The Labute approximate surface area is 183 Å². The van der Waals surface area contributed by atoms with Crippen LogP contribution in [-0.4, -0.2) is 41.1 Å². The number of benzene rings is 2. The molecule has 156 valence electrons. The van der Waals surface area contributed by atoms with Crippen molar-refractivity contribution in [3.05, 3.63) is 69.2 Å². The number of hydrogen-bond donors (Lipinski definition) is 0. The smallest absolute Gasteiger partial charge is 0.329 e. The molecule has 1 unspecified atom stereocenters. The molecule has 0 aromatic heterocycles. The van der Waals surface area contributed by atoms with Gasteiger partial charge < -0.3 is 4.74 Å². The van der Waals surface area contributed by atoms with E-state index in [0.717, 1.165) is 4.90 Å². The molecule has 0 bridgehead atoms. The number of ether oxygens (including phenoxy) is 1. The summed E-state index contributed by atoms with van der Waals surface area (Å²) in [5.41, 5.74) is 0.559. The molecule has 0 fully saturated rings. The fourth-order valence-corrected chi connectivity index (χ4v) is 3.56. The molecule has 8 heteroatoms. The summed E-state index contributed by atoms with van der Waals surface area (Å²) >= 11 is 12.0. The van der Waals surface area contributed by atoms with E-state index in [1.807, 2.05) is 13.8 Å². The van der Waals surface area contributed by atoms with Crippen LogP contribution in [0.4, 0.5) is 0 Å². The monoisotopic (exact) mass is 447 g/mol. The SMILES string of the molecule is CC(C)CC(C(=O)OCC(=O)c1ccccc1)N1C(=O)c2cc(Cl)c(Cl)cc2C1=O. The summed E-state index contributed by atoms with van der Waals surface area (Å²) in [6, 6.07) is 9.85. The van der Waals surface area contributed by atoms with E-state index in [0.29, 0.717) is 5.56 Å². The normalized spacial score (nSPS) is 14.1. The lowest BCUT2D eigenvalue weighted by Crippen LogP contribution is -2.46. The number of imide groups is 1. The van der Waals surface area contributed by atoms with Crippen LogP contribution < -0.4 is 0 Å². The largest absolute Gasteiger partial charge is 0.456 e. The maximum atomic E-state index is 12.9. The van der Waals surface area contributed by atoms with Crippen molar-refractivity contribution < 1.29 is 23.9 Å². The first kappa shape index (κ1) is 22.0. The third-order valence-electron chi connectivity index (χ3n) is 4.68. The second-order valence-corrected chi connectivity index (χ2v) is 8.15. The fraction of sp³-hybridized carbons (Fsp3) is 0.273. The van der Waals surface area contributed by atoms with Crippen LogP contribution in [0.5, 0.6) is 0 Å². The molecule has 3 rings (SSSR count). The standard InChI is InChI=1S/C22H19Cl2NO5/c1-12(2)8-18(22(29)30-11-19(26)13-6-4-3-5-7-13)25-20(27)14-9-16(23)17(24)10-15(14)21(25)28/h3-7,9-10,12,18H,8,11H2,1-2H3. The Morgan fingerprint density at radius 1 is 0.967 bits per heavy atom. The van der Waals surface area contributed by atoms with Gasteiger partial charge in [-0.15, -0.1) is 0 Å². The number of hydrogen-bond acceptors (Lipinski definition) is 5. The summed E-state index contributed by atoms with van der Waals surface area (Å²) in [5.74, 6) is -2.52. The molecule has 1 aliphatic heterocycles. The molecule has 1 atom stereocenters. The lowest BCUT2D eigenvalue weighted by Gasteiger charge is -2.25. The van der Waals surface area contributed by atoms with E-state index in [-0.39, 0.29) is 39.3 Å². The van der Waals surface area contributed by atoms with E-state index in [2.05, 4.69) is 0 Å². The Morgan fingerprint density at radius 3 is 2.00 bits per heavy atom. The van der Waals surface area contributed by atoms with Crippen molar-refractivity contribution in [3.8, 4) is 0 Å². The van der Waals surface area contributed by atoms with Crippen LogP contribution in [0, 0.1) is 5.92 Å². The van der Waals surface area contributed by atoms with Crippen molar-refractivity contribution in [2.45, 2.75) is 26.3 Å². The van der Waals surface area contributed by atoms with Gasteiger partial charge in [-0.25, -0.2) is 4.79 Å². The van der Waals surface area contributed by atoms with E-state index in [4.69, 9.17) is 27.9 Å². The molecule has 0 saturated carbocycles. The molecule has 1 aliphatic rings. The molecular formula is C22H19Cl2NO5. The van der Waals surface area contributed by atoms with Gasteiger partial charge in [0.2, 0.25) is 0 Å². The highest BCUT2D eigenvalue weighted by atomic mass is 35.5. The van der Waals surface area contributed by atoms with Gasteiger partial charge in [-0.2, -0.15) is 0 Å². The first-order valence-electron chi connectivity index (χ1n) is 9.32. The summed E-state index contributed by atoms with van der Waals surface area (Å²) in [6.07, 6.45) is 0.186. The average Bonchev–Trinajstić information content (AvgIpc) is 2.94. The molecule has 2 aromatic carbocycles. The molecule has 2 amide bonds. The maximum absolute atomic E-state index is 12.9. The van der Waals surface area contributed by atoms with Gasteiger partial charge in [0.05, 0.1) is 21.2 Å². The van der Waals surface area contributed by atoms with E-state index < -0.39 is 30.4 Å². The predicted molar refractivity (Wildman–Crippen MR) is 112 cm³/mol. The van der Waals surface area contributed by atoms with Crippen LogP contribution in [0.25, 0.3) is 0 Å². The lowest BCUT2D eigenvalue weighted by atomic mass is 10.0. The molecule has 0 N–H and O–H groups in total. The molecule has 1 heterocycles. The van der Waals surface area contributed by atoms with Crippen molar-refractivity contribution in [1.29, 1.82) is 0 Å². The summed E-state index contributed by atoms with van der Waals surface area (Å²) in [4.78, 5) is 51.7. The van der Waals surface area contributed by atoms with E-state index in [1.165, 1.54) is 12.1 Å². The number of halogens is 2. The van der Waals surface area contributed by atoms with Crippen molar-refractivity contribution in [1.82, 2.24) is 4.90 Å². The zero-order valence-electron chi connectivity index (χ0n) is 16.4. The van der Waals surface area contributed by atoms with E-state index in [9.17, 15) is 19.2 Å². The molecule has 0 radical (unpaired) electrons. The van der Waals surface area contributed by atoms with E-state index >= 15 is 0 Å². The van der Waals surface area contributed by atoms with Gasteiger partial charge in [0, 0.05) is 5.56 Å². The number of ketones is 1. The number of nitrogens with zero attached hydrogens (tertiary/aromatic N) is 1. The summed E-state index contributed by atoms with van der Waals surface area (Å²) in [5, 5.41) is 0.268. The van der Waals surface area contributed by atoms with Gasteiger partial charge in [0.1, 0.15) is 6.04 Å². The van der Waals surface area contributed by atoms with Crippen molar-refractivity contribution in [2.24, 2.45) is 5.92 Å².